The zero-order valence-corrected chi connectivity index (χ0v) is 20.4. The Morgan fingerprint density at radius 2 is 1.66 bits per heavy atom. The number of benzene rings is 3. The number of carbonyl (C=O) groups excluding carboxylic acids is 3. The van der Waals surface area contributed by atoms with Crippen molar-refractivity contribution in [1.82, 2.24) is 4.90 Å². The first-order valence-electron chi connectivity index (χ1n) is 11.3. The summed E-state index contributed by atoms with van der Waals surface area (Å²) in [5.41, 5.74) is 3.51. The Hall–Kier alpha value is -3.84. The fraction of sp³-hybridized carbons (Fsp3) is 0.179. The van der Waals surface area contributed by atoms with Gasteiger partial charge in [0, 0.05) is 5.69 Å². The Balaban J connectivity index is 1.34. The van der Waals surface area contributed by atoms with E-state index in [4.69, 9.17) is 4.74 Å². The first-order valence-corrected chi connectivity index (χ1v) is 12.1. The van der Waals surface area contributed by atoms with E-state index in [9.17, 15) is 14.4 Å². The predicted octanol–water partition coefficient (Wildman–Crippen LogP) is 6.06. The number of carbonyl (C=O) groups is 3. The Kier molecular flexibility index (Phi) is 7.67. The van der Waals surface area contributed by atoms with E-state index in [1.165, 1.54) is 4.90 Å². The summed E-state index contributed by atoms with van der Waals surface area (Å²) in [5, 5.41) is 2.62. The fourth-order valence-electron chi connectivity index (χ4n) is 3.66. The lowest BCUT2D eigenvalue weighted by atomic mass is 10.0. The highest BCUT2D eigenvalue weighted by molar-refractivity contribution is 8.18. The number of nitrogens with one attached hydrogen (secondary N) is 1. The summed E-state index contributed by atoms with van der Waals surface area (Å²) in [6, 6.07) is 24.2. The lowest BCUT2D eigenvalue weighted by molar-refractivity contribution is -0.123. The molecule has 0 aliphatic carbocycles. The molecule has 0 aromatic heterocycles. The number of ether oxygens (including phenoxy) is 1. The van der Waals surface area contributed by atoms with Crippen LogP contribution in [0.4, 0.5) is 10.5 Å². The minimum atomic E-state index is -0.303. The number of para-hydroxylation sites is 1. The van der Waals surface area contributed by atoms with Gasteiger partial charge in [0.1, 0.15) is 5.75 Å². The number of thioether (sulfide) groups is 1. The first-order chi connectivity index (χ1) is 16.9. The topological polar surface area (TPSA) is 75.7 Å². The van der Waals surface area contributed by atoms with Crippen LogP contribution in [-0.4, -0.2) is 28.6 Å². The third kappa shape index (κ3) is 6.19. The molecule has 1 fully saturated rings. The van der Waals surface area contributed by atoms with Crippen LogP contribution in [0, 0.1) is 0 Å². The van der Waals surface area contributed by atoms with Crippen molar-refractivity contribution >= 4 is 40.6 Å². The molecule has 0 saturated carbocycles. The Labute approximate surface area is 209 Å². The van der Waals surface area contributed by atoms with Gasteiger partial charge < -0.3 is 10.1 Å². The Bertz CT molecular complexity index is 1250. The average molecular weight is 487 g/mol. The fourth-order valence-corrected chi connectivity index (χ4v) is 4.50. The van der Waals surface area contributed by atoms with Crippen molar-refractivity contribution in [3.05, 3.63) is 100 Å². The van der Waals surface area contributed by atoms with Crippen LogP contribution in [0.15, 0.2) is 83.8 Å². The van der Waals surface area contributed by atoms with Crippen molar-refractivity contribution in [2.45, 2.75) is 26.3 Å². The molecule has 0 spiro atoms. The highest BCUT2D eigenvalue weighted by atomic mass is 32.2. The molecule has 1 saturated heterocycles. The van der Waals surface area contributed by atoms with Gasteiger partial charge in [0.05, 0.1) is 11.4 Å². The van der Waals surface area contributed by atoms with Gasteiger partial charge in [-0.1, -0.05) is 74.5 Å². The molecule has 4 rings (SSSR count). The van der Waals surface area contributed by atoms with E-state index < -0.39 is 0 Å². The van der Waals surface area contributed by atoms with E-state index in [1.54, 1.807) is 30.3 Å². The lowest BCUT2D eigenvalue weighted by Gasteiger charge is -2.14. The first kappa shape index (κ1) is 24.3. The molecule has 1 heterocycles. The van der Waals surface area contributed by atoms with Crippen LogP contribution >= 0.6 is 11.8 Å². The molecule has 1 aliphatic heterocycles. The van der Waals surface area contributed by atoms with Crippen molar-refractivity contribution in [1.29, 1.82) is 0 Å². The van der Waals surface area contributed by atoms with Crippen LogP contribution in [0.2, 0.25) is 0 Å². The van der Waals surface area contributed by atoms with E-state index in [2.05, 4.69) is 19.2 Å². The van der Waals surface area contributed by atoms with Crippen molar-refractivity contribution in [3.8, 4) is 5.75 Å². The number of amides is 3. The quantitative estimate of drug-likeness (QED) is 0.392. The summed E-state index contributed by atoms with van der Waals surface area (Å²) in [4.78, 5) is 39.1. The van der Waals surface area contributed by atoms with E-state index >= 15 is 0 Å². The van der Waals surface area contributed by atoms with E-state index in [-0.39, 0.29) is 30.2 Å². The van der Waals surface area contributed by atoms with Gasteiger partial charge in [-0.2, -0.15) is 0 Å². The summed E-state index contributed by atoms with van der Waals surface area (Å²) in [6.45, 7) is 4.28. The maximum Gasteiger partial charge on any atom is 0.293 e. The number of imide groups is 1. The average Bonchev–Trinajstić information content (AvgIpc) is 3.11. The second kappa shape index (κ2) is 11.1. The zero-order valence-electron chi connectivity index (χ0n) is 19.6. The van der Waals surface area contributed by atoms with Gasteiger partial charge in [-0.3, -0.25) is 19.3 Å². The second-order valence-corrected chi connectivity index (χ2v) is 9.39. The SMILES string of the molecule is CC(C)c1ccccc1NC(=O)COc1ccc(/C=C2/SC(=O)N(Cc3ccccc3)C2=O)cc1. The smallest absolute Gasteiger partial charge is 0.293 e. The van der Waals surface area contributed by atoms with E-state index in [1.807, 2.05) is 54.6 Å². The molecule has 3 amide bonds. The van der Waals surface area contributed by atoms with Crippen LogP contribution < -0.4 is 10.1 Å². The normalized spacial score (nSPS) is 14.6. The molecule has 35 heavy (non-hydrogen) atoms. The third-order valence-corrected chi connectivity index (χ3v) is 6.37. The number of rotatable bonds is 8. The molecule has 0 unspecified atom stereocenters. The predicted molar refractivity (Wildman–Crippen MR) is 139 cm³/mol. The van der Waals surface area contributed by atoms with E-state index in [0.29, 0.717) is 16.6 Å². The molecule has 1 aliphatic rings. The minimum absolute atomic E-state index is 0.121. The molecule has 3 aromatic rings. The van der Waals surface area contributed by atoms with Gasteiger partial charge in [0.2, 0.25) is 0 Å². The Morgan fingerprint density at radius 1 is 0.971 bits per heavy atom. The molecular formula is C28H26N2O4S. The monoisotopic (exact) mass is 486 g/mol. The number of hydrogen-bond donors (Lipinski definition) is 1. The standard InChI is InChI=1S/C28H26N2O4S/c1-19(2)23-10-6-7-11-24(23)29-26(31)18-34-22-14-12-20(13-15-22)16-25-27(32)30(28(33)35-25)17-21-8-4-3-5-9-21/h3-16,19H,17-18H2,1-2H3,(H,29,31)/b25-16+. The van der Waals surface area contributed by atoms with Gasteiger partial charge in [0.25, 0.3) is 17.1 Å². The molecule has 6 nitrogen and oxygen atoms in total. The Morgan fingerprint density at radius 3 is 2.37 bits per heavy atom. The maximum absolute atomic E-state index is 12.7. The van der Waals surface area contributed by atoms with Gasteiger partial charge in [-0.25, -0.2) is 0 Å². The van der Waals surface area contributed by atoms with Crippen molar-refractivity contribution in [2.24, 2.45) is 0 Å². The number of nitrogens with zero attached hydrogens (tertiary/aromatic N) is 1. The van der Waals surface area contributed by atoms with Crippen LogP contribution in [-0.2, 0) is 16.1 Å². The molecule has 0 radical (unpaired) electrons. The molecule has 0 bridgehead atoms. The van der Waals surface area contributed by atoms with Gasteiger partial charge in [-0.05, 0) is 58.6 Å². The van der Waals surface area contributed by atoms with Crippen LogP contribution in [0.25, 0.3) is 6.08 Å². The summed E-state index contributed by atoms with van der Waals surface area (Å²) in [6.07, 6.45) is 1.69. The summed E-state index contributed by atoms with van der Waals surface area (Å²) >= 11 is 0.933. The van der Waals surface area contributed by atoms with Crippen molar-refractivity contribution < 1.29 is 19.1 Å². The van der Waals surface area contributed by atoms with Crippen LogP contribution in [0.1, 0.15) is 36.5 Å². The highest BCUT2D eigenvalue weighted by Crippen LogP contribution is 2.33. The highest BCUT2D eigenvalue weighted by Gasteiger charge is 2.34. The minimum Gasteiger partial charge on any atom is -0.484 e. The van der Waals surface area contributed by atoms with Gasteiger partial charge in [0.15, 0.2) is 6.61 Å². The van der Waals surface area contributed by atoms with Crippen LogP contribution in [0.3, 0.4) is 0 Å². The molecule has 3 aromatic carbocycles. The third-order valence-electron chi connectivity index (χ3n) is 5.46. The van der Waals surface area contributed by atoms with Gasteiger partial charge >= 0.3 is 0 Å². The molecule has 178 valence electrons. The molecule has 1 N–H and O–H groups in total. The molecular weight excluding hydrogens is 460 g/mol. The maximum atomic E-state index is 12.7. The summed E-state index contributed by atoms with van der Waals surface area (Å²) < 4.78 is 5.62. The van der Waals surface area contributed by atoms with Gasteiger partial charge in [-0.15, -0.1) is 0 Å². The number of anilines is 1. The number of hydrogen-bond acceptors (Lipinski definition) is 5. The molecule has 0 atom stereocenters. The largest absolute Gasteiger partial charge is 0.484 e. The van der Waals surface area contributed by atoms with Crippen LogP contribution in [0.5, 0.6) is 5.75 Å². The van der Waals surface area contributed by atoms with E-state index in [0.717, 1.165) is 34.1 Å². The molecule has 7 heteroatoms. The van der Waals surface area contributed by atoms with Crippen molar-refractivity contribution in [2.75, 3.05) is 11.9 Å². The summed E-state index contributed by atoms with van der Waals surface area (Å²) in [7, 11) is 0. The summed E-state index contributed by atoms with van der Waals surface area (Å²) in [5.74, 6) is 0.281. The van der Waals surface area contributed by atoms with Crippen molar-refractivity contribution in [3.63, 3.8) is 0 Å². The zero-order chi connectivity index (χ0) is 24.8. The lowest BCUT2D eigenvalue weighted by Crippen LogP contribution is -2.27. The second-order valence-electron chi connectivity index (χ2n) is 8.40.